The first-order valence-electron chi connectivity index (χ1n) is 10.7. The summed E-state index contributed by atoms with van der Waals surface area (Å²) in [5.41, 5.74) is 7.02. The molecule has 0 spiro atoms. The highest BCUT2D eigenvalue weighted by atomic mass is 35.5. The van der Waals surface area contributed by atoms with E-state index in [1.165, 1.54) is 24.3 Å². The van der Waals surface area contributed by atoms with Crippen LogP contribution in [-0.4, -0.2) is 35.7 Å². The molecule has 1 saturated heterocycles. The number of nitrogens with one attached hydrogen (secondary N) is 1. The summed E-state index contributed by atoms with van der Waals surface area (Å²) in [5.74, 6) is -1.02. The minimum Gasteiger partial charge on any atom is -0.405 e. The summed E-state index contributed by atoms with van der Waals surface area (Å²) < 4.78 is 42.5. The molecule has 0 aromatic heterocycles. The second kappa shape index (κ2) is 10.8. The first-order valence-corrected chi connectivity index (χ1v) is 11.1. The predicted molar refractivity (Wildman–Crippen MR) is 124 cm³/mol. The van der Waals surface area contributed by atoms with E-state index in [1.54, 1.807) is 36.1 Å². The number of halogens is 4. The lowest BCUT2D eigenvalue weighted by molar-refractivity contribution is -0.274. The third-order valence-electron chi connectivity index (χ3n) is 5.24. The van der Waals surface area contributed by atoms with Gasteiger partial charge in [-0.1, -0.05) is 35.9 Å². The molecule has 0 saturated carbocycles. The van der Waals surface area contributed by atoms with Crippen LogP contribution in [-0.2, 0) is 9.59 Å². The van der Waals surface area contributed by atoms with Crippen LogP contribution >= 0.6 is 11.6 Å². The van der Waals surface area contributed by atoms with Crippen LogP contribution in [0, 0.1) is 0 Å². The molecule has 10 heteroatoms. The summed E-state index contributed by atoms with van der Waals surface area (Å²) in [6, 6.07) is 10.6. The van der Waals surface area contributed by atoms with Gasteiger partial charge in [0.05, 0.1) is 11.4 Å². The van der Waals surface area contributed by atoms with E-state index in [0.717, 1.165) is 12.8 Å². The van der Waals surface area contributed by atoms with E-state index in [-0.39, 0.29) is 40.6 Å². The molecule has 3 N–H and O–H groups in total. The van der Waals surface area contributed by atoms with Gasteiger partial charge < -0.3 is 20.7 Å². The summed E-state index contributed by atoms with van der Waals surface area (Å²) in [6.07, 6.45) is -1.83. The fraction of sp³-hybridized carbons (Fsp3) is 0.333. The number of ketones is 1. The molecule has 3 rings (SSSR count). The normalized spacial score (nSPS) is 16.8. The SMILES string of the molecule is CC(N)=CC(=O)CC(=O)N1CCCCC1Nc1ccc(-c2ccccc2OC(F)(F)F)c(Cl)c1. The van der Waals surface area contributed by atoms with Crippen LogP contribution in [0.2, 0.25) is 5.02 Å². The molecule has 1 aliphatic heterocycles. The highest BCUT2D eigenvalue weighted by Crippen LogP contribution is 2.38. The monoisotopic (exact) mass is 495 g/mol. The Kier molecular flexibility index (Phi) is 8.09. The third-order valence-corrected chi connectivity index (χ3v) is 5.56. The van der Waals surface area contributed by atoms with Gasteiger partial charge in [-0.3, -0.25) is 9.59 Å². The van der Waals surface area contributed by atoms with Crippen molar-refractivity contribution in [1.29, 1.82) is 0 Å². The number of nitrogens with two attached hydrogens (primary N) is 1. The van der Waals surface area contributed by atoms with E-state index in [0.29, 0.717) is 29.9 Å². The first-order chi connectivity index (χ1) is 16.0. The van der Waals surface area contributed by atoms with Gasteiger partial charge in [0.1, 0.15) is 11.9 Å². The van der Waals surface area contributed by atoms with E-state index in [1.807, 2.05) is 0 Å². The van der Waals surface area contributed by atoms with Gasteiger partial charge in [-0.15, -0.1) is 13.2 Å². The van der Waals surface area contributed by atoms with E-state index >= 15 is 0 Å². The Balaban J connectivity index is 1.78. The smallest absolute Gasteiger partial charge is 0.405 e. The van der Waals surface area contributed by atoms with Crippen molar-refractivity contribution in [3.63, 3.8) is 0 Å². The van der Waals surface area contributed by atoms with Gasteiger partial charge in [-0.05, 0) is 44.4 Å². The number of allylic oxidation sites excluding steroid dienone is 2. The van der Waals surface area contributed by atoms with E-state index in [4.69, 9.17) is 17.3 Å². The van der Waals surface area contributed by atoms with Gasteiger partial charge in [0, 0.05) is 35.1 Å². The number of amides is 1. The zero-order valence-corrected chi connectivity index (χ0v) is 19.2. The van der Waals surface area contributed by atoms with Gasteiger partial charge >= 0.3 is 6.36 Å². The van der Waals surface area contributed by atoms with Gasteiger partial charge in [0.25, 0.3) is 0 Å². The summed E-state index contributed by atoms with van der Waals surface area (Å²) in [5, 5.41) is 3.47. The van der Waals surface area contributed by atoms with Crippen LogP contribution in [0.1, 0.15) is 32.6 Å². The van der Waals surface area contributed by atoms with Crippen LogP contribution in [0.15, 0.2) is 54.2 Å². The number of nitrogens with zero attached hydrogens (tertiary/aromatic N) is 1. The van der Waals surface area contributed by atoms with E-state index in [2.05, 4.69) is 10.1 Å². The Morgan fingerprint density at radius 2 is 1.94 bits per heavy atom. The van der Waals surface area contributed by atoms with E-state index < -0.39 is 6.36 Å². The summed E-state index contributed by atoms with van der Waals surface area (Å²) in [6.45, 7) is 2.08. The average molecular weight is 496 g/mol. The average Bonchev–Trinajstić information content (AvgIpc) is 2.73. The maximum Gasteiger partial charge on any atom is 0.573 e. The molecule has 1 unspecified atom stereocenters. The van der Waals surface area contributed by atoms with E-state index in [9.17, 15) is 22.8 Å². The molecular weight excluding hydrogens is 471 g/mol. The number of ether oxygens (including phenoxy) is 1. The van der Waals surface area contributed by atoms with Crippen molar-refractivity contribution in [1.82, 2.24) is 4.90 Å². The van der Waals surface area contributed by atoms with Crippen molar-refractivity contribution in [2.75, 3.05) is 11.9 Å². The minimum absolute atomic E-state index is 0.201. The summed E-state index contributed by atoms with van der Waals surface area (Å²) >= 11 is 6.42. The third kappa shape index (κ3) is 6.90. The minimum atomic E-state index is -4.83. The lowest BCUT2D eigenvalue weighted by Crippen LogP contribution is -2.48. The first kappa shape index (κ1) is 25.4. The molecular formula is C24H25ClF3N3O3. The molecule has 0 aliphatic carbocycles. The molecule has 2 aromatic carbocycles. The van der Waals surface area contributed by atoms with Gasteiger partial charge in [0.2, 0.25) is 5.91 Å². The Morgan fingerprint density at radius 3 is 2.62 bits per heavy atom. The maximum atomic E-state index is 12.8. The number of anilines is 1. The molecule has 0 bridgehead atoms. The molecule has 34 heavy (non-hydrogen) atoms. The van der Waals surface area contributed by atoms with Crippen LogP contribution < -0.4 is 15.8 Å². The number of carbonyl (C=O) groups excluding carboxylic acids is 2. The Bertz CT molecular complexity index is 1080. The van der Waals surface area contributed by atoms with Crippen molar-refractivity contribution in [2.24, 2.45) is 5.73 Å². The van der Waals surface area contributed by atoms with Crippen molar-refractivity contribution >= 4 is 29.0 Å². The van der Waals surface area contributed by atoms with Gasteiger partial charge in [0.15, 0.2) is 5.78 Å². The van der Waals surface area contributed by atoms with Crippen molar-refractivity contribution in [3.05, 3.63) is 59.3 Å². The zero-order valence-electron chi connectivity index (χ0n) is 18.5. The number of likely N-dealkylation sites (tertiary alicyclic amines) is 1. The van der Waals surface area contributed by atoms with Crippen LogP contribution in [0.5, 0.6) is 5.75 Å². The topological polar surface area (TPSA) is 84.7 Å². The van der Waals surface area contributed by atoms with Gasteiger partial charge in [-0.25, -0.2) is 0 Å². The number of carbonyl (C=O) groups is 2. The van der Waals surface area contributed by atoms with Gasteiger partial charge in [-0.2, -0.15) is 0 Å². The van der Waals surface area contributed by atoms with Crippen molar-refractivity contribution < 1.29 is 27.5 Å². The lowest BCUT2D eigenvalue weighted by atomic mass is 10.0. The highest BCUT2D eigenvalue weighted by Gasteiger charge is 2.32. The number of piperidine rings is 1. The zero-order chi connectivity index (χ0) is 24.9. The number of hydrogen-bond acceptors (Lipinski definition) is 5. The molecule has 0 radical (unpaired) electrons. The number of para-hydroxylation sites is 1. The van der Waals surface area contributed by atoms with Crippen molar-refractivity contribution in [2.45, 2.75) is 45.1 Å². The standard InChI is InChI=1S/C24H25ClF3N3O3/c1-15(29)12-17(32)14-23(33)31-11-5-4-8-22(31)30-16-9-10-18(20(25)13-16)19-6-2-3-7-21(19)34-24(26,27)28/h2-3,6-7,9-10,12-13,22,30H,4-5,8,11,14,29H2,1H3. The highest BCUT2D eigenvalue weighted by molar-refractivity contribution is 6.33. The summed E-state index contributed by atoms with van der Waals surface area (Å²) in [4.78, 5) is 26.3. The van der Waals surface area contributed by atoms with Crippen LogP contribution in [0.4, 0.5) is 18.9 Å². The van der Waals surface area contributed by atoms with Crippen molar-refractivity contribution in [3.8, 4) is 16.9 Å². The molecule has 1 heterocycles. The largest absolute Gasteiger partial charge is 0.573 e. The van der Waals surface area contributed by atoms with Crippen LogP contribution in [0.25, 0.3) is 11.1 Å². The molecule has 1 fully saturated rings. The number of benzene rings is 2. The quantitative estimate of drug-likeness (QED) is 0.392. The lowest BCUT2D eigenvalue weighted by Gasteiger charge is -2.36. The fourth-order valence-corrected chi connectivity index (χ4v) is 4.14. The number of rotatable bonds is 7. The Morgan fingerprint density at radius 1 is 1.21 bits per heavy atom. The number of hydrogen-bond donors (Lipinski definition) is 2. The Labute approximate surface area is 200 Å². The molecule has 1 amide bonds. The molecule has 1 aliphatic rings. The summed E-state index contributed by atoms with van der Waals surface area (Å²) in [7, 11) is 0. The second-order valence-electron chi connectivity index (χ2n) is 8.01. The fourth-order valence-electron chi connectivity index (χ4n) is 3.85. The Hall–Kier alpha value is -3.20. The maximum absolute atomic E-state index is 12.8. The molecule has 6 nitrogen and oxygen atoms in total. The molecule has 1 atom stereocenters. The van der Waals surface area contributed by atoms with Crippen LogP contribution in [0.3, 0.4) is 0 Å². The number of alkyl halides is 3. The molecule has 2 aromatic rings. The predicted octanol–water partition coefficient (Wildman–Crippen LogP) is 5.48. The molecule has 182 valence electrons. The second-order valence-corrected chi connectivity index (χ2v) is 8.42.